The molecule has 0 aliphatic carbocycles. The van der Waals surface area contributed by atoms with E-state index in [-0.39, 0.29) is 28.8 Å². The maximum absolute atomic E-state index is 11.6. The van der Waals surface area contributed by atoms with Crippen molar-refractivity contribution in [2.24, 2.45) is 0 Å². The number of nitrogens with one attached hydrogen (secondary N) is 1. The van der Waals surface area contributed by atoms with E-state index >= 15 is 0 Å². The van der Waals surface area contributed by atoms with Gasteiger partial charge in [0.2, 0.25) is 0 Å². The van der Waals surface area contributed by atoms with E-state index in [1.807, 2.05) is 13.8 Å². The summed E-state index contributed by atoms with van der Waals surface area (Å²) in [5, 5.41) is 0.332. The number of nitrogens with zero attached hydrogens (tertiary/aromatic N) is 2. The van der Waals surface area contributed by atoms with Gasteiger partial charge in [-0.25, -0.2) is 0 Å². The second kappa shape index (κ2) is 5.96. The largest absolute Gasteiger partial charge is 0.455 e. The number of hydrogen-bond acceptors (Lipinski definition) is 3. The molecule has 0 saturated heterocycles. The third kappa shape index (κ3) is 3.28. The molecule has 1 aromatic rings. The first kappa shape index (κ1) is 13.1. The predicted molar refractivity (Wildman–Crippen MR) is 62.0 cm³/mol. The number of carbonyl (C=O) groups is 1. The van der Waals surface area contributed by atoms with Crippen molar-refractivity contribution < 1.29 is 9.53 Å². The van der Waals surface area contributed by atoms with Gasteiger partial charge >= 0.3 is 0 Å². The molecule has 0 unspecified atom stereocenters. The van der Waals surface area contributed by atoms with Crippen LogP contribution in [-0.4, -0.2) is 40.5 Å². The van der Waals surface area contributed by atoms with Gasteiger partial charge in [-0.1, -0.05) is 23.2 Å². The second-order valence-corrected chi connectivity index (χ2v) is 3.74. The molecule has 0 aliphatic heterocycles. The Bertz CT molecular complexity index is 344. The topological polar surface area (TPSA) is 58.2 Å². The molecule has 16 heavy (non-hydrogen) atoms. The summed E-state index contributed by atoms with van der Waals surface area (Å²) in [5.74, 6) is -0.103. The molecule has 1 aromatic heterocycles. The first-order chi connectivity index (χ1) is 7.58. The van der Waals surface area contributed by atoms with E-state index in [9.17, 15) is 4.79 Å². The lowest BCUT2D eigenvalue weighted by atomic mass is 10.5. The zero-order valence-corrected chi connectivity index (χ0v) is 10.6. The van der Waals surface area contributed by atoms with Gasteiger partial charge < -0.3 is 9.64 Å². The summed E-state index contributed by atoms with van der Waals surface area (Å²) in [4.78, 5) is 19.6. The number of likely N-dealkylation sites (N-methyl/N-ethyl adjacent to an activating group) is 1. The number of H-pyrrole nitrogens is 1. The van der Waals surface area contributed by atoms with Crippen molar-refractivity contribution in [2.75, 3.05) is 19.7 Å². The molecule has 0 bridgehead atoms. The van der Waals surface area contributed by atoms with Crippen LogP contribution in [0.3, 0.4) is 0 Å². The highest BCUT2D eigenvalue weighted by Crippen LogP contribution is 2.21. The van der Waals surface area contributed by atoms with Crippen LogP contribution in [0.25, 0.3) is 0 Å². The molecule has 1 heterocycles. The number of amides is 1. The molecule has 1 rings (SSSR count). The lowest BCUT2D eigenvalue weighted by Crippen LogP contribution is -2.34. The third-order valence-corrected chi connectivity index (χ3v) is 2.69. The smallest absolute Gasteiger partial charge is 0.296 e. The van der Waals surface area contributed by atoms with Crippen LogP contribution in [0.4, 0.5) is 0 Å². The van der Waals surface area contributed by atoms with Crippen LogP contribution in [-0.2, 0) is 4.79 Å². The minimum Gasteiger partial charge on any atom is -0.455 e. The van der Waals surface area contributed by atoms with Crippen LogP contribution in [0.2, 0.25) is 10.3 Å². The summed E-state index contributed by atoms with van der Waals surface area (Å²) in [6, 6.07) is 0.149. The van der Waals surface area contributed by atoms with Crippen LogP contribution in [0.15, 0.2) is 0 Å². The van der Waals surface area contributed by atoms with E-state index in [0.717, 1.165) is 0 Å². The molecule has 0 spiro atoms. The summed E-state index contributed by atoms with van der Waals surface area (Å²) >= 11 is 11.2. The summed E-state index contributed by atoms with van der Waals surface area (Å²) in [6.07, 6.45) is 0. The Morgan fingerprint density at radius 3 is 2.50 bits per heavy atom. The van der Waals surface area contributed by atoms with Gasteiger partial charge in [0.05, 0.1) is 0 Å². The summed E-state index contributed by atoms with van der Waals surface area (Å²) in [6.45, 7) is 5.03. The van der Waals surface area contributed by atoms with Crippen molar-refractivity contribution in [3.05, 3.63) is 10.3 Å². The van der Waals surface area contributed by atoms with Gasteiger partial charge in [0.1, 0.15) is 5.15 Å². The van der Waals surface area contributed by atoms with Gasteiger partial charge in [0.25, 0.3) is 11.9 Å². The van der Waals surface area contributed by atoms with Crippen molar-refractivity contribution in [3.8, 4) is 6.01 Å². The standard InChI is InChI=1S/C9H13Cl2N3O2/c1-3-14(4-2)6(15)5-16-9-12-7(10)8(11)13-9/h3-5H2,1-2H3,(H,12,13). The van der Waals surface area contributed by atoms with Crippen molar-refractivity contribution >= 4 is 29.1 Å². The fourth-order valence-corrected chi connectivity index (χ4v) is 1.42. The zero-order valence-electron chi connectivity index (χ0n) is 9.09. The number of hydrogen-bond donors (Lipinski definition) is 1. The first-order valence-corrected chi connectivity index (χ1v) is 5.65. The molecule has 1 amide bonds. The molecule has 1 N–H and O–H groups in total. The molecule has 0 fully saturated rings. The Morgan fingerprint density at radius 2 is 2.06 bits per heavy atom. The highest BCUT2D eigenvalue weighted by atomic mass is 35.5. The molecule has 0 aliphatic rings. The molecule has 0 aromatic carbocycles. The number of carbonyl (C=O) groups excluding carboxylic acids is 1. The van der Waals surface area contributed by atoms with E-state index in [1.165, 1.54) is 0 Å². The van der Waals surface area contributed by atoms with Crippen molar-refractivity contribution in [2.45, 2.75) is 13.8 Å². The van der Waals surface area contributed by atoms with Crippen LogP contribution in [0.1, 0.15) is 13.8 Å². The van der Waals surface area contributed by atoms with Gasteiger partial charge in [0, 0.05) is 13.1 Å². The molecule has 90 valence electrons. The molecule has 5 nitrogen and oxygen atoms in total. The van der Waals surface area contributed by atoms with Crippen LogP contribution >= 0.6 is 23.2 Å². The van der Waals surface area contributed by atoms with Gasteiger partial charge in [-0.15, -0.1) is 0 Å². The Hall–Kier alpha value is -0.940. The lowest BCUT2D eigenvalue weighted by Gasteiger charge is -2.17. The average molecular weight is 266 g/mol. The monoisotopic (exact) mass is 265 g/mol. The molecular weight excluding hydrogens is 253 g/mol. The highest BCUT2D eigenvalue weighted by molar-refractivity contribution is 6.40. The van der Waals surface area contributed by atoms with E-state index in [4.69, 9.17) is 27.9 Å². The fourth-order valence-electron chi connectivity index (χ4n) is 1.18. The predicted octanol–water partition coefficient (Wildman–Crippen LogP) is 1.96. The minimum atomic E-state index is -0.103. The van der Waals surface area contributed by atoms with E-state index in [0.29, 0.717) is 13.1 Å². The quantitative estimate of drug-likeness (QED) is 0.886. The van der Waals surface area contributed by atoms with Crippen molar-refractivity contribution in [3.63, 3.8) is 0 Å². The Balaban J connectivity index is 2.48. The zero-order chi connectivity index (χ0) is 12.1. The fraction of sp³-hybridized carbons (Fsp3) is 0.556. The maximum atomic E-state index is 11.6. The van der Waals surface area contributed by atoms with Gasteiger partial charge in [-0.2, -0.15) is 4.98 Å². The normalized spacial score (nSPS) is 10.2. The maximum Gasteiger partial charge on any atom is 0.296 e. The van der Waals surface area contributed by atoms with E-state index in [2.05, 4.69) is 9.97 Å². The SMILES string of the molecule is CCN(CC)C(=O)COc1nc(Cl)c(Cl)[nH]1. The van der Waals surface area contributed by atoms with E-state index in [1.54, 1.807) is 4.90 Å². The van der Waals surface area contributed by atoms with Crippen LogP contribution in [0, 0.1) is 0 Å². The molecular formula is C9H13Cl2N3O2. The molecule has 0 radical (unpaired) electrons. The number of imidazole rings is 1. The first-order valence-electron chi connectivity index (χ1n) is 4.90. The number of aromatic amines is 1. The van der Waals surface area contributed by atoms with Gasteiger partial charge in [-0.3, -0.25) is 9.78 Å². The molecule has 7 heteroatoms. The van der Waals surface area contributed by atoms with Crippen molar-refractivity contribution in [1.82, 2.24) is 14.9 Å². The van der Waals surface area contributed by atoms with E-state index < -0.39 is 0 Å². The summed E-state index contributed by atoms with van der Waals surface area (Å²) < 4.78 is 5.13. The lowest BCUT2D eigenvalue weighted by molar-refractivity contribution is -0.133. The Labute approximate surface area is 104 Å². The van der Waals surface area contributed by atoms with Gasteiger partial charge in [-0.05, 0) is 13.8 Å². The number of halogens is 2. The molecule has 0 atom stereocenters. The summed E-state index contributed by atoms with van der Waals surface area (Å²) in [7, 11) is 0. The van der Waals surface area contributed by atoms with Crippen LogP contribution in [0.5, 0.6) is 6.01 Å². The highest BCUT2D eigenvalue weighted by Gasteiger charge is 2.12. The van der Waals surface area contributed by atoms with Crippen molar-refractivity contribution in [1.29, 1.82) is 0 Å². The summed E-state index contributed by atoms with van der Waals surface area (Å²) in [5.41, 5.74) is 0. The Morgan fingerprint density at radius 1 is 1.44 bits per heavy atom. The second-order valence-electron chi connectivity index (χ2n) is 3.00. The molecule has 0 saturated carbocycles. The number of aromatic nitrogens is 2. The average Bonchev–Trinajstić information content (AvgIpc) is 2.57. The number of rotatable bonds is 5. The Kier molecular flexibility index (Phi) is 4.89. The number of ether oxygens (including phenoxy) is 1. The minimum absolute atomic E-state index is 0.0815. The van der Waals surface area contributed by atoms with Crippen LogP contribution < -0.4 is 4.74 Å². The van der Waals surface area contributed by atoms with Gasteiger partial charge in [0.15, 0.2) is 11.8 Å². The third-order valence-electron chi connectivity index (χ3n) is 2.05.